The summed E-state index contributed by atoms with van der Waals surface area (Å²) in [7, 11) is 0. The van der Waals surface area contributed by atoms with E-state index in [0.717, 1.165) is 12.1 Å². The molecule has 0 aliphatic rings. The second kappa shape index (κ2) is 6.42. The van der Waals surface area contributed by atoms with E-state index in [4.69, 9.17) is 5.73 Å². The molecule has 0 spiro atoms. The van der Waals surface area contributed by atoms with Crippen LogP contribution in [0.15, 0.2) is 18.2 Å². The van der Waals surface area contributed by atoms with Gasteiger partial charge in [0.2, 0.25) is 5.91 Å². The van der Waals surface area contributed by atoms with E-state index in [1.165, 1.54) is 0 Å². The van der Waals surface area contributed by atoms with Crippen LogP contribution in [0.3, 0.4) is 0 Å². The number of amides is 1. The molecule has 106 valence electrons. The molecular formula is C12H15F3N2O2. The number of nitrogens with one attached hydrogen (secondary N) is 1. The number of unbranched alkanes of at least 4 members (excludes halogenated alkanes) is 1. The minimum absolute atomic E-state index is 0.146. The molecule has 0 radical (unpaired) electrons. The lowest BCUT2D eigenvalue weighted by Gasteiger charge is -2.11. The summed E-state index contributed by atoms with van der Waals surface area (Å²) in [5.41, 5.74) is 4.09. The van der Waals surface area contributed by atoms with Crippen LogP contribution < -0.4 is 11.1 Å². The fourth-order valence-electron chi connectivity index (χ4n) is 1.46. The highest BCUT2D eigenvalue weighted by Crippen LogP contribution is 2.34. The number of anilines is 1. The van der Waals surface area contributed by atoms with E-state index in [-0.39, 0.29) is 12.1 Å². The van der Waals surface area contributed by atoms with Gasteiger partial charge in [-0.1, -0.05) is 0 Å². The summed E-state index contributed by atoms with van der Waals surface area (Å²) in [5.74, 6) is -0.858. The van der Waals surface area contributed by atoms with Crippen molar-refractivity contribution in [3.63, 3.8) is 0 Å². The van der Waals surface area contributed by atoms with E-state index >= 15 is 0 Å². The van der Waals surface area contributed by atoms with E-state index in [1.54, 1.807) is 0 Å². The summed E-state index contributed by atoms with van der Waals surface area (Å²) >= 11 is 0. The van der Waals surface area contributed by atoms with E-state index in [9.17, 15) is 23.1 Å². The van der Waals surface area contributed by atoms with Crippen LogP contribution in [0.25, 0.3) is 0 Å². The SMILES string of the molecule is NCCCCC(=O)Nc1cc(C(F)(F)F)ccc1O. The Labute approximate surface area is 108 Å². The monoisotopic (exact) mass is 276 g/mol. The first-order valence-corrected chi connectivity index (χ1v) is 5.74. The summed E-state index contributed by atoms with van der Waals surface area (Å²) in [4.78, 5) is 11.5. The van der Waals surface area contributed by atoms with Gasteiger partial charge in [-0.3, -0.25) is 4.79 Å². The number of halogens is 3. The Hall–Kier alpha value is -1.76. The zero-order valence-corrected chi connectivity index (χ0v) is 10.1. The first kappa shape index (κ1) is 15.3. The molecule has 1 amide bonds. The van der Waals surface area contributed by atoms with E-state index in [2.05, 4.69) is 5.32 Å². The number of benzene rings is 1. The highest BCUT2D eigenvalue weighted by molar-refractivity contribution is 5.92. The number of carbonyl (C=O) groups is 1. The standard InChI is InChI=1S/C12H15F3N2O2/c13-12(14,15)8-4-5-10(18)9(7-8)17-11(19)3-1-2-6-16/h4-5,7,18H,1-3,6,16H2,(H,17,19). The maximum Gasteiger partial charge on any atom is 0.416 e. The summed E-state index contributed by atoms with van der Waals surface area (Å²) in [6, 6.07) is 2.36. The van der Waals surface area contributed by atoms with Crippen molar-refractivity contribution in [2.45, 2.75) is 25.4 Å². The number of aromatic hydroxyl groups is 1. The van der Waals surface area contributed by atoms with Crippen molar-refractivity contribution in [1.82, 2.24) is 0 Å². The number of nitrogens with two attached hydrogens (primary N) is 1. The molecule has 0 aliphatic carbocycles. The predicted molar refractivity (Wildman–Crippen MR) is 64.6 cm³/mol. The number of phenolic OH excluding ortho intramolecular Hbond substituents is 1. The largest absolute Gasteiger partial charge is 0.506 e. The molecule has 1 rings (SSSR count). The van der Waals surface area contributed by atoms with Crippen LogP contribution in [0.4, 0.5) is 18.9 Å². The molecule has 0 fully saturated rings. The number of hydrogen-bond donors (Lipinski definition) is 3. The lowest BCUT2D eigenvalue weighted by molar-refractivity contribution is -0.137. The molecule has 0 bridgehead atoms. The van der Waals surface area contributed by atoms with Gasteiger partial charge < -0.3 is 16.2 Å². The molecule has 1 aromatic rings. The van der Waals surface area contributed by atoms with Crippen molar-refractivity contribution in [3.05, 3.63) is 23.8 Å². The number of hydrogen-bond acceptors (Lipinski definition) is 3. The Morgan fingerprint density at radius 1 is 1.32 bits per heavy atom. The quantitative estimate of drug-likeness (QED) is 0.571. The molecule has 0 aliphatic heterocycles. The highest BCUT2D eigenvalue weighted by atomic mass is 19.4. The average molecular weight is 276 g/mol. The number of phenols is 1. The normalized spacial score (nSPS) is 11.4. The lowest BCUT2D eigenvalue weighted by atomic mass is 10.1. The van der Waals surface area contributed by atoms with Gasteiger partial charge in [0.1, 0.15) is 5.75 Å². The molecule has 4 nitrogen and oxygen atoms in total. The lowest BCUT2D eigenvalue weighted by Crippen LogP contribution is -2.13. The molecule has 0 aromatic heterocycles. The van der Waals surface area contributed by atoms with Gasteiger partial charge in [0.05, 0.1) is 11.3 Å². The van der Waals surface area contributed by atoms with Crippen molar-refractivity contribution >= 4 is 11.6 Å². The topological polar surface area (TPSA) is 75.4 Å². The summed E-state index contributed by atoms with van der Waals surface area (Å²) in [5, 5.41) is 11.7. The van der Waals surface area contributed by atoms with E-state index in [0.29, 0.717) is 25.5 Å². The van der Waals surface area contributed by atoms with Gasteiger partial charge in [-0.25, -0.2) is 0 Å². The minimum Gasteiger partial charge on any atom is -0.506 e. The van der Waals surface area contributed by atoms with Gasteiger partial charge in [0, 0.05) is 6.42 Å². The Balaban J connectivity index is 2.74. The van der Waals surface area contributed by atoms with Gasteiger partial charge >= 0.3 is 6.18 Å². The Bertz CT molecular complexity index is 447. The van der Waals surface area contributed by atoms with Crippen molar-refractivity contribution < 1.29 is 23.1 Å². The first-order chi connectivity index (χ1) is 8.84. The van der Waals surface area contributed by atoms with Gasteiger partial charge in [0.25, 0.3) is 0 Å². The molecule has 0 heterocycles. The Kier molecular flexibility index (Phi) is 5.17. The van der Waals surface area contributed by atoms with Crippen LogP contribution in [0.2, 0.25) is 0 Å². The third kappa shape index (κ3) is 4.78. The Morgan fingerprint density at radius 3 is 2.58 bits per heavy atom. The fraction of sp³-hybridized carbons (Fsp3) is 0.417. The second-order valence-electron chi connectivity index (χ2n) is 4.02. The van der Waals surface area contributed by atoms with Gasteiger partial charge in [-0.2, -0.15) is 13.2 Å². The number of carbonyl (C=O) groups excluding carboxylic acids is 1. The van der Waals surface area contributed by atoms with Gasteiger partial charge in [0.15, 0.2) is 0 Å². The molecule has 19 heavy (non-hydrogen) atoms. The van der Waals surface area contributed by atoms with Crippen LogP contribution in [-0.4, -0.2) is 17.6 Å². The van der Waals surface area contributed by atoms with Crippen molar-refractivity contribution in [2.24, 2.45) is 5.73 Å². The zero-order valence-electron chi connectivity index (χ0n) is 10.1. The smallest absolute Gasteiger partial charge is 0.416 e. The average Bonchev–Trinajstić information content (AvgIpc) is 2.31. The summed E-state index contributed by atoms with van der Waals surface area (Å²) < 4.78 is 37.4. The molecule has 0 saturated heterocycles. The zero-order chi connectivity index (χ0) is 14.5. The van der Waals surface area contributed by atoms with E-state index in [1.807, 2.05) is 0 Å². The van der Waals surface area contributed by atoms with Crippen molar-refractivity contribution in [2.75, 3.05) is 11.9 Å². The molecule has 4 N–H and O–H groups in total. The minimum atomic E-state index is -4.52. The van der Waals surface area contributed by atoms with Crippen LogP contribution in [0.1, 0.15) is 24.8 Å². The molecule has 0 unspecified atom stereocenters. The van der Waals surface area contributed by atoms with Gasteiger partial charge in [-0.15, -0.1) is 0 Å². The third-order valence-corrected chi connectivity index (χ3v) is 2.46. The first-order valence-electron chi connectivity index (χ1n) is 5.74. The van der Waals surface area contributed by atoms with Crippen LogP contribution in [0.5, 0.6) is 5.75 Å². The summed E-state index contributed by atoms with van der Waals surface area (Å²) in [6.45, 7) is 0.447. The fourth-order valence-corrected chi connectivity index (χ4v) is 1.46. The van der Waals surface area contributed by atoms with Crippen molar-refractivity contribution in [3.8, 4) is 5.75 Å². The molecule has 7 heteroatoms. The molecule has 0 atom stereocenters. The maximum atomic E-state index is 12.5. The number of rotatable bonds is 5. The number of alkyl halides is 3. The second-order valence-corrected chi connectivity index (χ2v) is 4.02. The highest BCUT2D eigenvalue weighted by Gasteiger charge is 2.31. The molecule has 1 aromatic carbocycles. The summed E-state index contributed by atoms with van der Waals surface area (Å²) in [6.07, 6.45) is -3.18. The van der Waals surface area contributed by atoms with Crippen molar-refractivity contribution in [1.29, 1.82) is 0 Å². The van der Waals surface area contributed by atoms with Crippen LogP contribution in [-0.2, 0) is 11.0 Å². The maximum absolute atomic E-state index is 12.5. The van der Waals surface area contributed by atoms with Crippen LogP contribution in [0, 0.1) is 0 Å². The van der Waals surface area contributed by atoms with Crippen LogP contribution >= 0.6 is 0 Å². The van der Waals surface area contributed by atoms with Gasteiger partial charge in [-0.05, 0) is 37.6 Å². The van der Waals surface area contributed by atoms with E-state index < -0.39 is 23.4 Å². The predicted octanol–water partition coefficient (Wildman–Crippen LogP) is 2.48. The Morgan fingerprint density at radius 2 is 2.00 bits per heavy atom. The molecule has 0 saturated carbocycles. The molecular weight excluding hydrogens is 261 g/mol. The third-order valence-electron chi connectivity index (χ3n) is 2.46.